The SMILES string of the molecule is O=C(O)c1ccccc1C=C(Nc1ccc2ccccc2n1)[N+](=O)[O-]. The Morgan fingerprint density at radius 2 is 1.80 bits per heavy atom. The predicted molar refractivity (Wildman–Crippen MR) is 93.7 cm³/mol. The molecule has 0 unspecified atom stereocenters. The minimum Gasteiger partial charge on any atom is -0.478 e. The first kappa shape index (κ1) is 16.1. The predicted octanol–water partition coefficient (Wildman–Crippen LogP) is 3.62. The van der Waals surface area contributed by atoms with E-state index >= 15 is 0 Å². The Balaban J connectivity index is 1.99. The number of aromatic carboxylic acids is 1. The van der Waals surface area contributed by atoms with Gasteiger partial charge in [0.25, 0.3) is 0 Å². The zero-order valence-electron chi connectivity index (χ0n) is 12.9. The molecule has 0 saturated heterocycles. The number of hydrogen-bond donors (Lipinski definition) is 2. The number of hydrogen-bond acceptors (Lipinski definition) is 5. The van der Waals surface area contributed by atoms with Crippen molar-refractivity contribution in [3.8, 4) is 0 Å². The molecular weight excluding hydrogens is 322 g/mol. The van der Waals surface area contributed by atoms with E-state index in [0.29, 0.717) is 11.3 Å². The van der Waals surface area contributed by atoms with Crippen molar-refractivity contribution in [3.05, 3.63) is 87.7 Å². The molecule has 0 aliphatic heterocycles. The molecule has 0 fully saturated rings. The molecule has 2 aromatic carbocycles. The van der Waals surface area contributed by atoms with Crippen LogP contribution in [-0.4, -0.2) is 21.0 Å². The van der Waals surface area contributed by atoms with Crippen molar-refractivity contribution in [1.29, 1.82) is 0 Å². The Morgan fingerprint density at radius 1 is 1.08 bits per heavy atom. The van der Waals surface area contributed by atoms with Gasteiger partial charge < -0.3 is 15.2 Å². The number of carbonyl (C=O) groups is 1. The molecular formula is C18H13N3O4. The van der Waals surface area contributed by atoms with Crippen LogP contribution in [0.4, 0.5) is 5.82 Å². The number of anilines is 1. The molecule has 7 heteroatoms. The highest BCUT2D eigenvalue weighted by molar-refractivity contribution is 5.92. The van der Waals surface area contributed by atoms with Gasteiger partial charge >= 0.3 is 11.8 Å². The molecule has 3 aromatic rings. The summed E-state index contributed by atoms with van der Waals surface area (Å²) in [5, 5.41) is 24.1. The van der Waals surface area contributed by atoms with E-state index < -0.39 is 10.9 Å². The minimum atomic E-state index is -1.15. The first-order valence-electron chi connectivity index (χ1n) is 7.36. The van der Waals surface area contributed by atoms with Crippen molar-refractivity contribution >= 4 is 28.8 Å². The van der Waals surface area contributed by atoms with Gasteiger partial charge in [-0.15, -0.1) is 0 Å². The van der Waals surface area contributed by atoms with Crippen molar-refractivity contribution in [2.24, 2.45) is 0 Å². The zero-order valence-corrected chi connectivity index (χ0v) is 12.9. The number of nitro groups is 1. The number of pyridine rings is 1. The van der Waals surface area contributed by atoms with Gasteiger partial charge in [0.15, 0.2) is 0 Å². The molecule has 0 aliphatic rings. The van der Waals surface area contributed by atoms with Gasteiger partial charge in [0.2, 0.25) is 5.82 Å². The number of benzene rings is 2. The third kappa shape index (κ3) is 3.61. The minimum absolute atomic E-state index is 0.0184. The van der Waals surface area contributed by atoms with Crippen LogP contribution in [0.3, 0.4) is 0 Å². The Morgan fingerprint density at radius 3 is 2.56 bits per heavy atom. The summed E-state index contributed by atoms with van der Waals surface area (Å²) in [4.78, 5) is 26.3. The molecule has 1 aromatic heterocycles. The number of fused-ring (bicyclic) bond motifs is 1. The largest absolute Gasteiger partial charge is 0.478 e. The van der Waals surface area contributed by atoms with Crippen LogP contribution in [0.15, 0.2) is 66.5 Å². The highest BCUT2D eigenvalue weighted by Gasteiger charge is 2.15. The first-order valence-corrected chi connectivity index (χ1v) is 7.36. The molecule has 2 N–H and O–H groups in total. The Kier molecular flexibility index (Phi) is 4.38. The third-order valence-corrected chi connectivity index (χ3v) is 3.53. The smallest absolute Gasteiger partial charge is 0.336 e. The van der Waals surface area contributed by atoms with Crippen molar-refractivity contribution in [2.75, 3.05) is 5.32 Å². The van der Waals surface area contributed by atoms with Gasteiger partial charge in [0.1, 0.15) is 0 Å². The number of carboxylic acids is 1. The van der Waals surface area contributed by atoms with E-state index in [-0.39, 0.29) is 16.9 Å². The Bertz CT molecular complexity index is 998. The summed E-state index contributed by atoms with van der Waals surface area (Å²) in [6.45, 7) is 0. The van der Waals surface area contributed by atoms with Gasteiger partial charge in [-0.25, -0.2) is 15.1 Å². The lowest BCUT2D eigenvalue weighted by Gasteiger charge is -2.05. The maximum Gasteiger partial charge on any atom is 0.336 e. The Hall–Kier alpha value is -3.74. The van der Waals surface area contributed by atoms with E-state index in [1.807, 2.05) is 18.2 Å². The number of carboxylic acid groups (broad SMARTS) is 1. The fraction of sp³-hybridized carbons (Fsp3) is 0. The average molecular weight is 335 g/mol. The lowest BCUT2D eigenvalue weighted by atomic mass is 10.1. The normalized spacial score (nSPS) is 11.3. The third-order valence-electron chi connectivity index (χ3n) is 3.53. The van der Waals surface area contributed by atoms with Crippen LogP contribution in [0.2, 0.25) is 0 Å². The van der Waals surface area contributed by atoms with Gasteiger partial charge in [-0.05, 0) is 28.7 Å². The quantitative estimate of drug-likeness (QED) is 0.545. The van der Waals surface area contributed by atoms with Crippen molar-refractivity contribution in [2.45, 2.75) is 0 Å². The van der Waals surface area contributed by atoms with Crippen LogP contribution in [0.5, 0.6) is 0 Å². The number of aromatic nitrogens is 1. The average Bonchev–Trinajstić information content (AvgIpc) is 2.61. The van der Waals surface area contributed by atoms with E-state index in [1.165, 1.54) is 18.2 Å². The van der Waals surface area contributed by atoms with Gasteiger partial charge in [-0.1, -0.05) is 36.4 Å². The van der Waals surface area contributed by atoms with Crippen LogP contribution in [-0.2, 0) is 0 Å². The molecule has 0 saturated carbocycles. The maximum atomic E-state index is 11.4. The highest BCUT2D eigenvalue weighted by atomic mass is 16.6. The molecule has 0 aliphatic carbocycles. The summed E-state index contributed by atoms with van der Waals surface area (Å²) in [5.41, 5.74) is 0.909. The number of nitrogens with one attached hydrogen (secondary N) is 1. The molecule has 0 radical (unpaired) electrons. The summed E-state index contributed by atoms with van der Waals surface area (Å²) in [6.07, 6.45) is 1.18. The zero-order chi connectivity index (χ0) is 17.8. The standard InChI is InChI=1S/C18H13N3O4/c22-18(23)14-7-3-1-6-13(14)11-17(21(24)25)20-16-10-9-12-5-2-4-8-15(12)19-16/h1-11H,(H,19,20)(H,22,23). The highest BCUT2D eigenvalue weighted by Crippen LogP contribution is 2.18. The van der Waals surface area contributed by atoms with E-state index in [0.717, 1.165) is 5.39 Å². The van der Waals surface area contributed by atoms with Gasteiger partial charge in [-0.3, -0.25) is 0 Å². The molecule has 124 valence electrons. The van der Waals surface area contributed by atoms with Crippen LogP contribution in [0.1, 0.15) is 15.9 Å². The van der Waals surface area contributed by atoms with Gasteiger partial charge in [-0.2, -0.15) is 0 Å². The number of para-hydroxylation sites is 1. The van der Waals surface area contributed by atoms with Crippen LogP contribution >= 0.6 is 0 Å². The monoisotopic (exact) mass is 335 g/mol. The molecule has 0 atom stereocenters. The van der Waals surface area contributed by atoms with Crippen LogP contribution < -0.4 is 5.32 Å². The lowest BCUT2D eigenvalue weighted by Crippen LogP contribution is -2.11. The van der Waals surface area contributed by atoms with Crippen molar-refractivity contribution in [3.63, 3.8) is 0 Å². The molecule has 7 nitrogen and oxygen atoms in total. The molecule has 0 amide bonds. The summed E-state index contributed by atoms with van der Waals surface area (Å²) in [5.74, 6) is -1.22. The topological polar surface area (TPSA) is 105 Å². The summed E-state index contributed by atoms with van der Waals surface area (Å²) < 4.78 is 0. The maximum absolute atomic E-state index is 11.4. The second-order valence-electron chi connectivity index (χ2n) is 5.19. The molecule has 3 rings (SSSR count). The number of nitrogens with zero attached hydrogens (tertiary/aromatic N) is 2. The van der Waals surface area contributed by atoms with E-state index in [1.54, 1.807) is 30.3 Å². The van der Waals surface area contributed by atoms with E-state index in [2.05, 4.69) is 10.3 Å². The molecule has 1 heterocycles. The van der Waals surface area contributed by atoms with E-state index in [4.69, 9.17) is 0 Å². The fourth-order valence-corrected chi connectivity index (χ4v) is 2.37. The van der Waals surface area contributed by atoms with E-state index in [9.17, 15) is 20.0 Å². The number of rotatable bonds is 5. The summed E-state index contributed by atoms with van der Waals surface area (Å²) in [7, 11) is 0. The van der Waals surface area contributed by atoms with Crippen LogP contribution in [0, 0.1) is 10.1 Å². The van der Waals surface area contributed by atoms with Crippen molar-refractivity contribution in [1.82, 2.24) is 4.98 Å². The second kappa shape index (κ2) is 6.79. The van der Waals surface area contributed by atoms with Gasteiger partial charge in [0, 0.05) is 17.5 Å². The summed E-state index contributed by atoms with van der Waals surface area (Å²) >= 11 is 0. The van der Waals surface area contributed by atoms with Gasteiger partial charge in [0.05, 0.1) is 11.1 Å². The molecule has 25 heavy (non-hydrogen) atoms. The fourth-order valence-electron chi connectivity index (χ4n) is 2.37. The first-order chi connectivity index (χ1) is 12.0. The van der Waals surface area contributed by atoms with Crippen LogP contribution in [0.25, 0.3) is 17.0 Å². The molecule has 0 bridgehead atoms. The second-order valence-corrected chi connectivity index (χ2v) is 5.19. The lowest BCUT2D eigenvalue weighted by molar-refractivity contribution is -0.420. The Labute approximate surface area is 142 Å². The van der Waals surface area contributed by atoms with Crippen molar-refractivity contribution < 1.29 is 14.8 Å². The summed E-state index contributed by atoms with van der Waals surface area (Å²) in [6, 6.07) is 16.9. The molecule has 0 spiro atoms.